The maximum Gasteiger partial charge on any atom is 0.331 e. The minimum absolute atomic E-state index is 0.00581. The molecule has 1 aliphatic heterocycles. The van der Waals surface area contributed by atoms with Crippen LogP contribution >= 0.6 is 7.55 Å². The molecule has 0 radical (unpaired) electrons. The van der Waals surface area contributed by atoms with Crippen LogP contribution in [0.3, 0.4) is 0 Å². The summed E-state index contributed by atoms with van der Waals surface area (Å²) in [5, 5.41) is 34.4. The molecule has 7 N–H and O–H groups in total. The molecule has 0 bridgehead atoms. The Kier molecular flexibility index (Phi) is 26.5. The number of rotatable bonds is 35. The lowest BCUT2D eigenvalue weighted by Gasteiger charge is -2.45. The van der Waals surface area contributed by atoms with Gasteiger partial charge in [0.1, 0.15) is 25.1 Å². The number of aryl methyl sites for hydroxylation is 2. The molecule has 3 aliphatic carbocycles. The molecule has 12 nitrogen and oxygen atoms in total. The Hall–Kier alpha value is -7.14. The highest BCUT2D eigenvalue weighted by Gasteiger charge is 2.43. The van der Waals surface area contributed by atoms with Crippen LogP contribution in [-0.4, -0.2) is 85.1 Å². The monoisotopic (exact) mass is 1310 g/mol. The van der Waals surface area contributed by atoms with Gasteiger partial charge < -0.3 is 37.0 Å². The molecule has 4 aliphatic rings. The average molecular weight is 1310 g/mol. The van der Waals surface area contributed by atoms with Gasteiger partial charge in [0.05, 0.1) is 30.0 Å². The van der Waals surface area contributed by atoms with Crippen molar-refractivity contribution in [2.24, 2.45) is 39.1 Å². The third kappa shape index (κ3) is 19.8. The molecule has 2 amide bonds. The number of nitrogens with one attached hydrogen (secondary N) is 4. The number of carboxylic acids is 1. The van der Waals surface area contributed by atoms with Crippen LogP contribution in [0, 0.1) is 23.2 Å². The summed E-state index contributed by atoms with van der Waals surface area (Å²) in [5.74, 6) is 1.78. The van der Waals surface area contributed by atoms with Crippen molar-refractivity contribution in [1.82, 2.24) is 20.9 Å². The van der Waals surface area contributed by atoms with E-state index in [2.05, 4.69) is 198 Å². The second kappa shape index (κ2) is 34.2. The quantitative estimate of drug-likeness (QED) is 0.00659. The van der Waals surface area contributed by atoms with E-state index in [1.165, 1.54) is 69.2 Å². The summed E-state index contributed by atoms with van der Waals surface area (Å²) >= 11 is 0. The summed E-state index contributed by atoms with van der Waals surface area (Å²) in [6, 6.07) is 33.7. The van der Waals surface area contributed by atoms with Gasteiger partial charge in [0, 0.05) is 65.4 Å². The van der Waals surface area contributed by atoms with E-state index in [1.54, 1.807) is 19.5 Å². The first-order valence-corrected chi connectivity index (χ1v) is 37.3. The molecule has 6 atom stereocenters. The van der Waals surface area contributed by atoms with Crippen LogP contribution in [0.1, 0.15) is 206 Å². The number of carbonyl (C=O) groups is 3. The molecule has 0 spiro atoms. The number of anilines is 1. The van der Waals surface area contributed by atoms with Crippen LogP contribution in [-0.2, 0) is 39.1 Å². The van der Waals surface area contributed by atoms with Crippen LogP contribution in [0.2, 0.25) is 0 Å². The molecule has 3 fully saturated rings. The molecule has 510 valence electrons. The minimum Gasteiger partial charge on any atom is -0.478 e. The van der Waals surface area contributed by atoms with E-state index in [-0.39, 0.29) is 41.1 Å². The third-order valence-corrected chi connectivity index (χ3v) is 23.1. The highest BCUT2D eigenvalue weighted by molar-refractivity contribution is 7.67. The van der Waals surface area contributed by atoms with Gasteiger partial charge in [-0.25, -0.2) is 4.79 Å². The number of azo groups is 1. The molecule has 3 saturated carbocycles. The van der Waals surface area contributed by atoms with Crippen LogP contribution in [0.15, 0.2) is 165 Å². The van der Waals surface area contributed by atoms with E-state index in [9.17, 15) is 19.5 Å². The summed E-state index contributed by atoms with van der Waals surface area (Å²) in [4.78, 5) is 43.0. The number of unbranched alkanes of at least 4 members (excludes halogenated alkanes) is 1. The van der Waals surface area contributed by atoms with E-state index in [1.807, 2.05) is 25.1 Å². The number of likely N-dealkylation sites (N-methyl/N-ethyl adjacent to an activating group) is 1. The van der Waals surface area contributed by atoms with Gasteiger partial charge in [0.2, 0.25) is 11.8 Å². The van der Waals surface area contributed by atoms with Crippen molar-refractivity contribution < 1.29 is 19.5 Å². The molecule has 95 heavy (non-hydrogen) atoms. The number of nitrogens with zero attached hydrogens (tertiary/aromatic N) is 3. The number of hydrogen-bond acceptors (Lipinski definition) is 9. The molecule has 4 aromatic rings. The van der Waals surface area contributed by atoms with Crippen LogP contribution in [0.25, 0.3) is 11.3 Å². The zero-order valence-electron chi connectivity index (χ0n) is 60.0. The second-order valence-electron chi connectivity index (χ2n) is 29.5. The predicted molar refractivity (Wildman–Crippen MR) is 400 cm³/mol. The van der Waals surface area contributed by atoms with Crippen LogP contribution in [0.5, 0.6) is 0 Å². The first-order valence-electron chi connectivity index (χ1n) is 35.7. The summed E-state index contributed by atoms with van der Waals surface area (Å²) < 4.78 is 0. The lowest BCUT2D eigenvalue weighted by molar-refractivity contribution is -0.132. The number of nitrogens with two attached hydrogens (primary N) is 1. The van der Waals surface area contributed by atoms with Gasteiger partial charge in [0.15, 0.2) is 0 Å². The Bertz CT molecular complexity index is 3570. The van der Waals surface area contributed by atoms with E-state index < -0.39 is 25.0 Å². The largest absolute Gasteiger partial charge is 0.478 e. The van der Waals surface area contributed by atoms with E-state index in [0.717, 1.165) is 136 Å². The number of allylic oxidation sites excluding steroid dienone is 6. The fourth-order valence-corrected chi connectivity index (χ4v) is 16.2. The number of benzene rings is 4. The maximum atomic E-state index is 15.0. The van der Waals surface area contributed by atoms with E-state index in [4.69, 9.17) is 10.8 Å². The summed E-state index contributed by atoms with van der Waals surface area (Å²) in [5.41, 5.74) is 25.4. The van der Waals surface area contributed by atoms with Gasteiger partial charge >= 0.3 is 5.97 Å². The predicted octanol–water partition coefficient (Wildman–Crippen LogP) is 17.3. The molecule has 8 rings (SSSR count). The third-order valence-electron chi connectivity index (χ3n) is 20.5. The van der Waals surface area contributed by atoms with Gasteiger partial charge in [-0.2, -0.15) is 10.2 Å². The number of aliphatic carboxylic acids is 1. The topological polar surface area (TPSA) is 174 Å². The number of carbonyl (C=O) groups excluding carboxylic acids is 2. The Morgan fingerprint density at radius 3 is 2.01 bits per heavy atom. The van der Waals surface area contributed by atoms with Gasteiger partial charge in [-0.05, 0) is 223 Å². The van der Waals surface area contributed by atoms with Gasteiger partial charge in [-0.3, -0.25) is 9.59 Å². The van der Waals surface area contributed by atoms with E-state index >= 15 is 0 Å². The van der Waals surface area contributed by atoms with Crippen molar-refractivity contribution in [2.75, 3.05) is 38.7 Å². The fourth-order valence-electron chi connectivity index (χ4n) is 14.0. The Balaban J connectivity index is 0.797. The molecular formula is C82H114N8O4P+. The maximum absolute atomic E-state index is 15.0. The van der Waals surface area contributed by atoms with Crippen LogP contribution < -0.4 is 32.3 Å². The summed E-state index contributed by atoms with van der Waals surface area (Å²) in [6.07, 6.45) is 21.5. The fraction of sp³-hybridized carbons (Fsp3) is 0.512. The van der Waals surface area contributed by atoms with Crippen molar-refractivity contribution in [2.45, 2.75) is 215 Å². The summed E-state index contributed by atoms with van der Waals surface area (Å²) in [7, 11) is 3.37. The average Bonchev–Trinajstić information content (AvgIpc) is 0.939. The lowest BCUT2D eigenvalue weighted by atomic mass is 9.71. The zero-order valence-corrected chi connectivity index (χ0v) is 60.8. The highest BCUT2D eigenvalue weighted by atomic mass is 31.1. The van der Waals surface area contributed by atoms with Crippen molar-refractivity contribution in [3.05, 3.63) is 188 Å². The SMILES string of the molecule is C=C(CCCCC(NCC(NC(C)C(=O)Nc1ccc(CC2C=[P+](c3cccc(C(C)(C)C(CCN)C(=O)NC(C(=C4CCC4)N(C)C(/C=C(\C)C(=O)O)C(C)C)C(C)(C)C)c3)C2)cc1)=C1CC1)=C1CCC1)CCCc1ccccc1/C(N=NC)=C(/C)c1ccccc1CC. The zero-order chi connectivity index (χ0) is 68.6. The molecule has 6 unspecified atom stereocenters. The molecule has 0 aromatic heterocycles. The molecular weight excluding hydrogens is 1190 g/mol. The Morgan fingerprint density at radius 1 is 0.779 bits per heavy atom. The van der Waals surface area contributed by atoms with Crippen molar-refractivity contribution in [3.63, 3.8) is 0 Å². The number of hydrogen-bond donors (Lipinski definition) is 6. The Labute approximate surface area is 571 Å². The normalized spacial score (nSPS) is 17.5. The lowest BCUT2D eigenvalue weighted by Crippen LogP contribution is -2.54. The second-order valence-corrected chi connectivity index (χ2v) is 31.6. The van der Waals surface area contributed by atoms with E-state index in [0.29, 0.717) is 31.0 Å². The smallest absolute Gasteiger partial charge is 0.331 e. The first-order chi connectivity index (χ1) is 45.4. The highest BCUT2D eigenvalue weighted by Crippen LogP contribution is 2.43. The van der Waals surface area contributed by atoms with Gasteiger partial charge in [-0.1, -0.05) is 152 Å². The first kappa shape index (κ1) is 73.7. The van der Waals surface area contributed by atoms with Crippen molar-refractivity contribution in [3.8, 4) is 0 Å². The minimum atomic E-state index is -0.920. The molecule has 0 saturated heterocycles. The molecule has 4 aromatic carbocycles. The van der Waals surface area contributed by atoms with Crippen molar-refractivity contribution in [1.29, 1.82) is 0 Å². The Morgan fingerprint density at radius 2 is 1.41 bits per heavy atom. The number of carboxylic acid groups (broad SMARTS) is 1. The van der Waals surface area contributed by atoms with Crippen LogP contribution in [0.4, 0.5) is 5.69 Å². The van der Waals surface area contributed by atoms with Gasteiger partial charge in [0.25, 0.3) is 0 Å². The number of amides is 2. The standard InChI is InChI=1S/C82H113N8O4P/c1-15-61-28-17-19-37-69(61)57(6)75(89-84-13)70-38-20-18-29-62(70)30-22-27-55(4)26-16-21-39-72(63-31-23-32-63)85-51-73(64-42-43-64)86-58(7)78(91)87-67-44-40-59(41-45-67)49-60-52-95(53-60)68-36-25-35-66(50-68)82(11,12)71(46-47-83)79(92)88-77(81(8,9)10)76(65-33-24-34-65)90(14)74(54(2)3)48-56(5)80(93)94/h17-20,25,28-29,35-38,40-41,44-45,48,50,52,54,58,60,71,74,77,85-86H,4,15-16,21-24,26-27,30-34,39,42-43,46-47,49,51,53,83H2,1-3,5-14H3,(H2-,87,88,91,92,93,94)/p+1/b56-48+,75-57+,89-84?. The summed E-state index contributed by atoms with van der Waals surface area (Å²) in [6.45, 7) is 28.8. The van der Waals surface area contributed by atoms with Gasteiger partial charge in [-0.15, -0.1) is 0 Å². The molecule has 1 heterocycles. The molecule has 13 heteroatoms. The van der Waals surface area contributed by atoms with Crippen molar-refractivity contribution >= 4 is 53.4 Å².